The Labute approximate surface area is 299 Å². The predicted molar refractivity (Wildman–Crippen MR) is 192 cm³/mol. The Hall–Kier alpha value is -5.64. The number of nitrogens with one attached hydrogen (secondary N) is 2. The Morgan fingerprint density at radius 1 is 1.06 bits per heavy atom. The van der Waals surface area contributed by atoms with Gasteiger partial charge in [-0.2, -0.15) is 5.26 Å². The Morgan fingerprint density at radius 3 is 2.67 bits per heavy atom. The van der Waals surface area contributed by atoms with Gasteiger partial charge in [0.2, 0.25) is 5.88 Å². The van der Waals surface area contributed by atoms with E-state index in [1.54, 1.807) is 42.6 Å². The third kappa shape index (κ3) is 6.85. The topological polar surface area (TPSA) is 121 Å². The van der Waals surface area contributed by atoms with E-state index in [4.69, 9.17) is 24.7 Å². The molecule has 5 heterocycles. The zero-order valence-electron chi connectivity index (χ0n) is 28.7. The number of likely N-dealkylation sites (tertiary alicyclic amines) is 1. The van der Waals surface area contributed by atoms with Crippen molar-refractivity contribution >= 4 is 33.5 Å². The number of halogens is 2. The number of nitrogens with zero attached hydrogens (tertiary/aromatic N) is 5. The van der Waals surface area contributed by atoms with Crippen LogP contribution in [0.25, 0.3) is 21.9 Å². The number of pyridine rings is 1. The largest absolute Gasteiger partial charge is 0.473 e. The van der Waals surface area contributed by atoms with Gasteiger partial charge in [-0.15, -0.1) is 0 Å². The Balaban J connectivity index is 0.940. The van der Waals surface area contributed by atoms with Gasteiger partial charge in [-0.1, -0.05) is 12.1 Å². The highest BCUT2D eigenvalue weighted by molar-refractivity contribution is 6.06. The third-order valence-electron chi connectivity index (χ3n) is 10.1. The molecular weight excluding hydrogens is 664 g/mol. The molecule has 6 aromatic rings. The van der Waals surface area contributed by atoms with Crippen LogP contribution in [0.15, 0.2) is 72.9 Å². The summed E-state index contributed by atoms with van der Waals surface area (Å²) in [6, 6.07) is 20.6. The molecule has 1 atom stereocenters. The summed E-state index contributed by atoms with van der Waals surface area (Å²) in [6.07, 6.45) is 4.68. The van der Waals surface area contributed by atoms with Crippen molar-refractivity contribution in [2.45, 2.75) is 57.9 Å². The number of nitriles is 1. The summed E-state index contributed by atoms with van der Waals surface area (Å²) in [5, 5.41) is 12.6. The number of H-pyrrole nitrogens is 1. The van der Waals surface area contributed by atoms with Crippen LogP contribution >= 0.6 is 0 Å². The summed E-state index contributed by atoms with van der Waals surface area (Å²) < 4.78 is 42.9. The second-order valence-electron chi connectivity index (χ2n) is 13.6. The van der Waals surface area contributed by atoms with Crippen molar-refractivity contribution in [1.29, 1.82) is 5.26 Å². The number of imidazole rings is 1. The summed E-state index contributed by atoms with van der Waals surface area (Å²) in [5.74, 6) is 0.378. The summed E-state index contributed by atoms with van der Waals surface area (Å²) in [4.78, 5) is 28.4. The highest BCUT2D eigenvalue weighted by atomic mass is 19.1. The maximum atomic E-state index is 14.7. The fourth-order valence-corrected chi connectivity index (χ4v) is 7.09. The minimum absolute atomic E-state index is 0.0234. The molecule has 3 aromatic heterocycles. The molecule has 0 spiro atoms. The SMILES string of the molecule is Cc1c[nH]c2c(F)cc(NC(=O)c3ccc4c(c3)nc(CN3CCC(c5cccc(OCc6ccc(C#N)cc6F)n5)CC3)n4C[C@@H]3CCO3)cc12. The number of hydrogen-bond acceptors (Lipinski definition) is 7. The van der Waals surface area contributed by atoms with E-state index in [0.29, 0.717) is 41.3 Å². The number of rotatable bonds is 10. The molecule has 1 amide bonds. The number of hydrogen-bond donors (Lipinski definition) is 2. The maximum absolute atomic E-state index is 14.7. The molecule has 0 saturated carbocycles. The first-order chi connectivity index (χ1) is 25.3. The first-order valence-electron chi connectivity index (χ1n) is 17.5. The van der Waals surface area contributed by atoms with Gasteiger partial charge in [0.1, 0.15) is 24.1 Å². The molecule has 0 radical (unpaired) electrons. The molecule has 2 N–H and O–H groups in total. The van der Waals surface area contributed by atoms with Gasteiger partial charge in [-0.05, 0) is 93.4 Å². The fraction of sp³-hybridized carbons (Fsp3) is 0.300. The van der Waals surface area contributed by atoms with E-state index in [-0.39, 0.29) is 30.1 Å². The second kappa shape index (κ2) is 14.2. The number of aromatic nitrogens is 4. The predicted octanol–water partition coefficient (Wildman–Crippen LogP) is 7.37. The first kappa shape index (κ1) is 33.5. The van der Waals surface area contributed by atoms with Crippen molar-refractivity contribution < 1.29 is 23.0 Å². The first-order valence-corrected chi connectivity index (χ1v) is 17.5. The van der Waals surface area contributed by atoms with Gasteiger partial charge in [0.25, 0.3) is 5.91 Å². The van der Waals surface area contributed by atoms with E-state index < -0.39 is 11.6 Å². The molecule has 12 heteroatoms. The number of aromatic amines is 1. The summed E-state index contributed by atoms with van der Waals surface area (Å²) in [6.45, 7) is 5.71. The average molecular weight is 702 g/mol. The quantitative estimate of drug-likeness (QED) is 0.153. The highest BCUT2D eigenvalue weighted by Gasteiger charge is 2.26. The smallest absolute Gasteiger partial charge is 0.255 e. The number of amides is 1. The van der Waals surface area contributed by atoms with Crippen LogP contribution in [0.4, 0.5) is 14.5 Å². The number of carbonyl (C=O) groups excluding carboxylic acids is 1. The number of fused-ring (bicyclic) bond motifs is 2. The molecule has 10 nitrogen and oxygen atoms in total. The van der Waals surface area contributed by atoms with Gasteiger partial charge >= 0.3 is 0 Å². The van der Waals surface area contributed by atoms with Crippen LogP contribution in [-0.4, -0.2) is 56.1 Å². The lowest BCUT2D eigenvalue weighted by atomic mass is 9.93. The molecule has 0 bridgehead atoms. The molecule has 0 aliphatic carbocycles. The molecule has 2 fully saturated rings. The molecule has 8 rings (SSSR count). The van der Waals surface area contributed by atoms with Gasteiger partial charge in [0, 0.05) is 52.7 Å². The lowest BCUT2D eigenvalue weighted by molar-refractivity contribution is -0.0592. The van der Waals surface area contributed by atoms with E-state index in [0.717, 1.165) is 72.5 Å². The minimum atomic E-state index is -0.475. The van der Waals surface area contributed by atoms with Crippen LogP contribution in [0.1, 0.15) is 63.7 Å². The zero-order valence-corrected chi connectivity index (χ0v) is 28.7. The highest BCUT2D eigenvalue weighted by Crippen LogP contribution is 2.31. The number of carbonyl (C=O) groups is 1. The van der Waals surface area contributed by atoms with Gasteiger partial charge in [-0.3, -0.25) is 9.69 Å². The van der Waals surface area contributed by atoms with Crippen LogP contribution < -0.4 is 10.1 Å². The number of aryl methyl sites for hydroxylation is 1. The van der Waals surface area contributed by atoms with Gasteiger partial charge in [-0.25, -0.2) is 18.7 Å². The van der Waals surface area contributed by atoms with Gasteiger partial charge in [0.15, 0.2) is 0 Å². The number of ether oxygens (including phenoxy) is 2. The van der Waals surface area contributed by atoms with Crippen LogP contribution in [-0.2, 0) is 24.4 Å². The fourth-order valence-electron chi connectivity index (χ4n) is 7.09. The second-order valence-corrected chi connectivity index (χ2v) is 13.6. The summed E-state index contributed by atoms with van der Waals surface area (Å²) >= 11 is 0. The van der Waals surface area contributed by atoms with E-state index in [9.17, 15) is 13.6 Å². The van der Waals surface area contributed by atoms with Crippen molar-refractivity contribution in [3.8, 4) is 11.9 Å². The molecule has 2 aliphatic rings. The third-order valence-corrected chi connectivity index (χ3v) is 10.1. The Kier molecular flexibility index (Phi) is 9.13. The van der Waals surface area contributed by atoms with Crippen LogP contribution in [0.2, 0.25) is 0 Å². The van der Waals surface area contributed by atoms with E-state index in [2.05, 4.69) is 19.8 Å². The zero-order chi connectivity index (χ0) is 35.8. The molecule has 3 aromatic carbocycles. The van der Waals surface area contributed by atoms with Crippen LogP contribution in [0, 0.1) is 29.9 Å². The molecule has 2 saturated heterocycles. The maximum Gasteiger partial charge on any atom is 0.255 e. The minimum Gasteiger partial charge on any atom is -0.473 e. The van der Waals surface area contributed by atoms with E-state index >= 15 is 0 Å². The number of piperidine rings is 1. The average Bonchev–Trinajstić information content (AvgIpc) is 3.68. The van der Waals surface area contributed by atoms with Gasteiger partial charge in [0.05, 0.1) is 47.4 Å². The molecule has 264 valence electrons. The van der Waals surface area contributed by atoms with Crippen molar-refractivity contribution in [2.75, 3.05) is 25.0 Å². The Bertz CT molecular complexity index is 2330. The van der Waals surface area contributed by atoms with Crippen LogP contribution in [0.3, 0.4) is 0 Å². The monoisotopic (exact) mass is 701 g/mol. The number of benzene rings is 3. The number of anilines is 1. The van der Waals surface area contributed by atoms with Gasteiger partial charge < -0.3 is 24.3 Å². The lowest BCUT2D eigenvalue weighted by Gasteiger charge is -2.32. The van der Waals surface area contributed by atoms with E-state index in [1.165, 1.54) is 12.1 Å². The normalized spacial score (nSPS) is 16.5. The molecule has 2 aliphatic heterocycles. The lowest BCUT2D eigenvalue weighted by Crippen LogP contribution is -2.35. The molecule has 0 unspecified atom stereocenters. The van der Waals surface area contributed by atoms with E-state index in [1.807, 2.05) is 31.2 Å². The van der Waals surface area contributed by atoms with Crippen molar-refractivity contribution in [3.63, 3.8) is 0 Å². The van der Waals surface area contributed by atoms with Crippen molar-refractivity contribution in [2.24, 2.45) is 0 Å². The van der Waals surface area contributed by atoms with Crippen molar-refractivity contribution in [3.05, 3.63) is 118 Å². The van der Waals surface area contributed by atoms with Crippen molar-refractivity contribution in [1.82, 2.24) is 24.4 Å². The summed E-state index contributed by atoms with van der Waals surface area (Å²) in [5.41, 5.74) is 5.39. The standard InChI is InChI=1S/C40H37F2N7O3/c1-24-20-44-39-31(24)17-29(18-33(39)42)45-40(50)27-7-8-36-35(16-27)46-37(49(36)21-30-11-14-51-30)22-48-12-9-26(10-13-48)34-3-2-4-38(47-34)52-23-28-6-5-25(19-43)15-32(28)41/h2-8,15-18,20,26,30,44H,9-14,21-23H2,1H3,(H,45,50)/t30-/m0/s1. The van der Waals surface area contributed by atoms with Crippen LogP contribution in [0.5, 0.6) is 5.88 Å². The molecular formula is C40H37F2N7O3. The summed E-state index contributed by atoms with van der Waals surface area (Å²) in [7, 11) is 0. The molecule has 52 heavy (non-hydrogen) atoms. The Morgan fingerprint density at radius 2 is 1.90 bits per heavy atom.